The number of fused-ring (bicyclic) bond motifs is 2. The van der Waals surface area contributed by atoms with Crippen LogP contribution in [0.1, 0.15) is 39.3 Å². The molecule has 1 N–H and O–H groups in total. The minimum atomic E-state index is -1.10. The predicted octanol–water partition coefficient (Wildman–Crippen LogP) is 5.11. The van der Waals surface area contributed by atoms with Gasteiger partial charge in [-0.2, -0.15) is 0 Å². The van der Waals surface area contributed by atoms with Gasteiger partial charge in [0.15, 0.2) is 0 Å². The Morgan fingerprint density at radius 1 is 0.913 bits per heavy atom. The summed E-state index contributed by atoms with van der Waals surface area (Å²) < 4.78 is 15.5. The maximum absolute atomic E-state index is 12.5. The summed E-state index contributed by atoms with van der Waals surface area (Å²) in [4.78, 5) is 0. The minimum absolute atomic E-state index is 0.00561. The lowest BCUT2D eigenvalue weighted by Gasteiger charge is -2.24. The van der Waals surface area contributed by atoms with Gasteiger partial charge in [0.05, 0.1) is 15.7 Å². The lowest BCUT2D eigenvalue weighted by molar-refractivity contribution is 0.618. The van der Waals surface area contributed by atoms with Gasteiger partial charge in [0.2, 0.25) is 0 Å². The second kappa shape index (κ2) is 6.06. The van der Waals surface area contributed by atoms with E-state index in [2.05, 4.69) is 66.2 Å². The van der Waals surface area contributed by atoms with Gasteiger partial charge in [0, 0.05) is 6.04 Å². The molecule has 0 fully saturated rings. The van der Waals surface area contributed by atoms with Crippen LogP contribution in [0.3, 0.4) is 0 Å². The summed E-state index contributed by atoms with van der Waals surface area (Å²) in [6, 6.07) is 19.1. The highest BCUT2D eigenvalue weighted by atomic mass is 32.2. The van der Waals surface area contributed by atoms with Crippen LogP contribution in [0.2, 0.25) is 0 Å². The third-order valence-electron chi connectivity index (χ3n) is 4.09. The average molecular weight is 325 g/mol. The zero-order valence-electron chi connectivity index (χ0n) is 14.1. The first-order chi connectivity index (χ1) is 10.9. The maximum atomic E-state index is 12.5. The fourth-order valence-corrected chi connectivity index (χ4v) is 3.70. The van der Waals surface area contributed by atoms with Crippen LogP contribution in [0.4, 0.5) is 0 Å². The second-order valence-corrected chi connectivity index (χ2v) is 8.95. The highest BCUT2D eigenvalue weighted by Crippen LogP contribution is 2.33. The molecule has 3 heteroatoms. The molecule has 0 saturated heterocycles. The summed E-state index contributed by atoms with van der Waals surface area (Å²) in [7, 11) is -1.10. The van der Waals surface area contributed by atoms with Gasteiger partial charge in [0.1, 0.15) is 0 Å². The number of hydrogen-bond acceptors (Lipinski definition) is 1. The molecule has 0 saturated carbocycles. The number of nitrogens with one attached hydrogen (secondary N) is 1. The average Bonchev–Trinajstić information content (AvgIpc) is 2.51. The van der Waals surface area contributed by atoms with Crippen molar-refractivity contribution in [2.75, 3.05) is 0 Å². The van der Waals surface area contributed by atoms with Gasteiger partial charge in [-0.15, -0.1) is 0 Å². The van der Waals surface area contributed by atoms with Crippen LogP contribution >= 0.6 is 0 Å². The summed E-state index contributed by atoms with van der Waals surface area (Å²) in [5.41, 5.74) is 1.22. The summed E-state index contributed by atoms with van der Waals surface area (Å²) in [6.07, 6.45) is 0. The highest BCUT2D eigenvalue weighted by Gasteiger charge is 2.23. The van der Waals surface area contributed by atoms with Gasteiger partial charge >= 0.3 is 0 Å². The third kappa shape index (κ3) is 3.17. The molecule has 3 aromatic carbocycles. The Morgan fingerprint density at radius 3 is 1.87 bits per heavy atom. The van der Waals surface area contributed by atoms with E-state index >= 15 is 0 Å². The summed E-state index contributed by atoms with van der Waals surface area (Å²) in [5, 5.41) is 4.88. The van der Waals surface area contributed by atoms with Crippen LogP contribution in [0.15, 0.2) is 54.6 Å². The van der Waals surface area contributed by atoms with Gasteiger partial charge in [0.25, 0.3) is 0 Å². The fourth-order valence-electron chi connectivity index (χ4n) is 2.91. The number of rotatable bonds is 3. The van der Waals surface area contributed by atoms with Crippen molar-refractivity contribution in [3.63, 3.8) is 0 Å². The standard InChI is InChI=1S/C20H23NOS/c1-14(21-23(22)20(2,3)4)19-17-11-7-5-9-15(17)13-16-10-6-8-12-18(16)19/h5-14,21H,1-4H3/t14-,23?/m1/s1. The first kappa shape index (κ1) is 16.2. The van der Waals surface area contributed by atoms with E-state index in [-0.39, 0.29) is 10.8 Å². The first-order valence-corrected chi connectivity index (χ1v) is 9.11. The maximum Gasteiger partial charge on any atom is 0.0975 e. The van der Waals surface area contributed by atoms with Crippen LogP contribution in [0.25, 0.3) is 21.5 Å². The van der Waals surface area contributed by atoms with Gasteiger partial charge in [-0.3, -0.25) is 0 Å². The van der Waals surface area contributed by atoms with E-state index in [1.807, 2.05) is 20.8 Å². The molecule has 0 radical (unpaired) electrons. The smallest absolute Gasteiger partial charge is 0.0975 e. The zero-order chi connectivity index (χ0) is 16.6. The Hall–Kier alpha value is -1.71. The van der Waals surface area contributed by atoms with Crippen molar-refractivity contribution in [1.29, 1.82) is 0 Å². The van der Waals surface area contributed by atoms with E-state index in [0.717, 1.165) is 0 Å². The Morgan fingerprint density at radius 2 is 1.39 bits per heavy atom. The van der Waals surface area contributed by atoms with E-state index in [4.69, 9.17) is 0 Å². The minimum Gasteiger partial charge on any atom is -0.242 e. The third-order valence-corrected chi connectivity index (χ3v) is 5.77. The van der Waals surface area contributed by atoms with Gasteiger partial charge < -0.3 is 0 Å². The van der Waals surface area contributed by atoms with E-state index in [9.17, 15) is 4.21 Å². The molecule has 0 heterocycles. The lowest BCUT2D eigenvalue weighted by Crippen LogP contribution is -2.34. The molecule has 0 aliphatic carbocycles. The highest BCUT2D eigenvalue weighted by molar-refractivity contribution is 7.84. The quantitative estimate of drug-likeness (QED) is 0.666. The Kier molecular flexibility index (Phi) is 4.26. The summed E-state index contributed by atoms with van der Waals surface area (Å²) in [5.74, 6) is 0. The fraction of sp³-hybridized carbons (Fsp3) is 0.300. The van der Waals surface area contributed by atoms with Crippen LogP contribution in [0.5, 0.6) is 0 Å². The largest absolute Gasteiger partial charge is 0.242 e. The summed E-state index contributed by atoms with van der Waals surface area (Å²) >= 11 is 0. The normalized spacial score (nSPS) is 15.0. The Balaban J connectivity index is 2.18. The van der Waals surface area contributed by atoms with Gasteiger partial charge in [-0.25, -0.2) is 8.93 Å². The molecule has 0 aliphatic heterocycles. The molecular formula is C20H23NOS. The molecule has 0 bridgehead atoms. The molecule has 0 aromatic heterocycles. The van der Waals surface area contributed by atoms with Crippen LogP contribution in [-0.4, -0.2) is 8.96 Å². The van der Waals surface area contributed by atoms with Crippen molar-refractivity contribution in [3.05, 3.63) is 60.2 Å². The van der Waals surface area contributed by atoms with Crippen LogP contribution < -0.4 is 4.72 Å². The topological polar surface area (TPSA) is 29.1 Å². The molecule has 1 unspecified atom stereocenters. The number of benzene rings is 3. The molecule has 0 aliphatic rings. The van der Waals surface area contributed by atoms with E-state index in [1.54, 1.807) is 0 Å². The molecule has 3 rings (SSSR count). The number of hydrogen-bond donors (Lipinski definition) is 1. The van der Waals surface area contributed by atoms with Crippen molar-refractivity contribution in [3.8, 4) is 0 Å². The van der Waals surface area contributed by atoms with E-state index in [1.165, 1.54) is 27.1 Å². The van der Waals surface area contributed by atoms with Gasteiger partial charge in [-0.1, -0.05) is 48.5 Å². The molecular weight excluding hydrogens is 302 g/mol. The molecule has 120 valence electrons. The van der Waals surface area contributed by atoms with Crippen LogP contribution in [0, 0.1) is 0 Å². The molecule has 2 nitrogen and oxygen atoms in total. The summed E-state index contributed by atoms with van der Waals surface area (Å²) in [6.45, 7) is 8.07. The molecule has 2 atom stereocenters. The van der Waals surface area contributed by atoms with Crippen molar-refractivity contribution < 1.29 is 4.21 Å². The lowest BCUT2D eigenvalue weighted by atomic mass is 9.93. The van der Waals surface area contributed by atoms with E-state index in [0.29, 0.717) is 0 Å². The first-order valence-electron chi connectivity index (χ1n) is 7.96. The molecule has 0 amide bonds. The van der Waals surface area contributed by atoms with Crippen molar-refractivity contribution in [1.82, 2.24) is 4.72 Å². The van der Waals surface area contributed by atoms with E-state index < -0.39 is 11.0 Å². The molecule has 3 aromatic rings. The zero-order valence-corrected chi connectivity index (χ0v) is 14.9. The van der Waals surface area contributed by atoms with Crippen molar-refractivity contribution >= 4 is 32.5 Å². The molecule has 23 heavy (non-hydrogen) atoms. The Bertz CT molecular complexity index is 826. The van der Waals surface area contributed by atoms with Crippen LogP contribution in [-0.2, 0) is 11.0 Å². The Labute approximate surface area is 140 Å². The predicted molar refractivity (Wildman–Crippen MR) is 101 cm³/mol. The monoisotopic (exact) mass is 325 g/mol. The second-order valence-electron chi connectivity index (χ2n) is 6.95. The van der Waals surface area contributed by atoms with Gasteiger partial charge in [-0.05, 0) is 60.9 Å². The molecule has 0 spiro atoms. The van der Waals surface area contributed by atoms with Crippen molar-refractivity contribution in [2.24, 2.45) is 0 Å². The SMILES string of the molecule is C[C@@H](NS(=O)C(C)(C)C)c1c2ccccc2cc2ccccc12. The van der Waals surface area contributed by atoms with Crippen molar-refractivity contribution in [2.45, 2.75) is 38.5 Å².